The Labute approximate surface area is 108 Å². The number of carbonyl (C=O) groups excluding carboxylic acids is 1. The van der Waals surface area contributed by atoms with Crippen molar-refractivity contribution in [1.29, 1.82) is 0 Å². The van der Waals surface area contributed by atoms with E-state index in [4.69, 9.17) is 10.8 Å². The first-order valence-electron chi connectivity index (χ1n) is 5.44. The van der Waals surface area contributed by atoms with Crippen LogP contribution < -0.4 is 11.1 Å². The van der Waals surface area contributed by atoms with E-state index in [1.165, 1.54) is 18.3 Å². The Morgan fingerprint density at radius 3 is 2.58 bits per heavy atom. The zero-order valence-electron chi connectivity index (χ0n) is 9.83. The molecule has 0 aliphatic heterocycles. The topological polar surface area (TPSA) is 105 Å². The molecule has 0 unspecified atom stereocenters. The van der Waals surface area contributed by atoms with Crippen LogP contribution in [-0.4, -0.2) is 22.0 Å². The second kappa shape index (κ2) is 5.18. The number of carbonyl (C=O) groups is 2. The van der Waals surface area contributed by atoms with Crippen LogP contribution in [0.5, 0.6) is 0 Å². The van der Waals surface area contributed by atoms with Crippen molar-refractivity contribution in [2.75, 3.05) is 11.1 Å². The minimum absolute atomic E-state index is 0.00496. The monoisotopic (exact) mass is 257 g/mol. The van der Waals surface area contributed by atoms with Crippen LogP contribution in [0.1, 0.15) is 20.8 Å². The molecule has 19 heavy (non-hydrogen) atoms. The zero-order chi connectivity index (χ0) is 13.8. The molecule has 2 aromatic rings. The highest BCUT2D eigenvalue weighted by molar-refractivity contribution is 6.09. The Hall–Kier alpha value is -2.89. The molecule has 1 amide bonds. The van der Waals surface area contributed by atoms with Gasteiger partial charge in [-0.2, -0.15) is 0 Å². The fourth-order valence-electron chi connectivity index (χ4n) is 1.57. The number of carboxylic acids is 1. The summed E-state index contributed by atoms with van der Waals surface area (Å²) in [6.07, 6.45) is 1.44. The lowest BCUT2D eigenvalue weighted by molar-refractivity contribution is 0.0698. The Bertz CT molecular complexity index is 641. The van der Waals surface area contributed by atoms with Crippen molar-refractivity contribution in [3.05, 3.63) is 53.9 Å². The number of hydrogen-bond donors (Lipinski definition) is 3. The van der Waals surface area contributed by atoms with Gasteiger partial charge in [0.15, 0.2) is 5.69 Å². The highest BCUT2D eigenvalue weighted by Crippen LogP contribution is 2.17. The minimum atomic E-state index is -1.12. The lowest BCUT2D eigenvalue weighted by Gasteiger charge is -2.08. The number of pyridine rings is 1. The van der Waals surface area contributed by atoms with Gasteiger partial charge < -0.3 is 16.2 Å². The van der Waals surface area contributed by atoms with Crippen molar-refractivity contribution < 1.29 is 14.7 Å². The maximum atomic E-state index is 12.0. The third-order valence-electron chi connectivity index (χ3n) is 2.46. The van der Waals surface area contributed by atoms with E-state index in [2.05, 4.69) is 10.3 Å². The summed E-state index contributed by atoms with van der Waals surface area (Å²) in [7, 11) is 0. The highest BCUT2D eigenvalue weighted by Gasteiger charge is 2.15. The largest absolute Gasteiger partial charge is 0.478 e. The summed E-state index contributed by atoms with van der Waals surface area (Å²) in [4.78, 5) is 26.8. The fraction of sp³-hybridized carbons (Fsp3) is 0. The number of amides is 1. The standard InChI is InChI=1S/C13H11N3O3/c14-9-5-3-7-15-11(9)12(17)16-10-6-2-1-4-8(10)13(18)19/h1-7H,14H2,(H,16,17)(H,18,19). The number of aromatic carboxylic acids is 1. The van der Waals surface area contributed by atoms with Gasteiger partial charge in [0, 0.05) is 6.20 Å². The van der Waals surface area contributed by atoms with Crippen LogP contribution in [0.15, 0.2) is 42.6 Å². The van der Waals surface area contributed by atoms with E-state index < -0.39 is 11.9 Å². The van der Waals surface area contributed by atoms with E-state index in [9.17, 15) is 9.59 Å². The van der Waals surface area contributed by atoms with Gasteiger partial charge in [-0.3, -0.25) is 4.79 Å². The van der Waals surface area contributed by atoms with Crippen molar-refractivity contribution >= 4 is 23.3 Å². The summed E-state index contributed by atoms with van der Waals surface area (Å²) in [6, 6.07) is 9.26. The van der Waals surface area contributed by atoms with Gasteiger partial charge in [-0.05, 0) is 24.3 Å². The molecule has 0 radical (unpaired) electrons. The number of benzene rings is 1. The molecule has 0 spiro atoms. The van der Waals surface area contributed by atoms with Gasteiger partial charge in [0.25, 0.3) is 5.91 Å². The van der Waals surface area contributed by atoms with Crippen molar-refractivity contribution in [2.45, 2.75) is 0 Å². The number of nitrogens with zero attached hydrogens (tertiary/aromatic N) is 1. The number of nitrogens with two attached hydrogens (primary N) is 1. The molecular formula is C13H11N3O3. The number of para-hydroxylation sites is 1. The first-order valence-corrected chi connectivity index (χ1v) is 5.44. The number of nitrogen functional groups attached to an aromatic ring is 1. The van der Waals surface area contributed by atoms with Gasteiger partial charge in [-0.1, -0.05) is 12.1 Å². The third-order valence-corrected chi connectivity index (χ3v) is 2.46. The van der Waals surface area contributed by atoms with E-state index in [1.54, 1.807) is 24.3 Å². The number of aromatic nitrogens is 1. The summed E-state index contributed by atoms with van der Waals surface area (Å²) in [5.41, 5.74) is 6.12. The van der Waals surface area contributed by atoms with E-state index in [0.717, 1.165) is 0 Å². The van der Waals surface area contributed by atoms with E-state index >= 15 is 0 Å². The van der Waals surface area contributed by atoms with Gasteiger partial charge in [0.05, 0.1) is 16.9 Å². The van der Waals surface area contributed by atoms with Crippen LogP contribution >= 0.6 is 0 Å². The average Bonchev–Trinajstić information content (AvgIpc) is 2.39. The number of nitrogens with one attached hydrogen (secondary N) is 1. The lowest BCUT2D eigenvalue weighted by Crippen LogP contribution is -2.17. The van der Waals surface area contributed by atoms with Gasteiger partial charge in [-0.15, -0.1) is 0 Å². The van der Waals surface area contributed by atoms with Gasteiger partial charge in [0.1, 0.15) is 0 Å². The van der Waals surface area contributed by atoms with Crippen molar-refractivity contribution in [2.24, 2.45) is 0 Å². The molecule has 0 saturated heterocycles. The van der Waals surface area contributed by atoms with Gasteiger partial charge >= 0.3 is 5.97 Å². The molecule has 1 aromatic carbocycles. The van der Waals surface area contributed by atoms with E-state index in [-0.39, 0.29) is 22.6 Å². The second-order valence-corrected chi connectivity index (χ2v) is 3.75. The first-order chi connectivity index (χ1) is 9.09. The summed E-state index contributed by atoms with van der Waals surface area (Å²) < 4.78 is 0. The molecular weight excluding hydrogens is 246 g/mol. The van der Waals surface area contributed by atoms with Gasteiger partial charge in [0.2, 0.25) is 0 Å². The quantitative estimate of drug-likeness (QED) is 0.774. The second-order valence-electron chi connectivity index (χ2n) is 3.75. The van der Waals surface area contributed by atoms with Crippen LogP contribution in [0.3, 0.4) is 0 Å². The number of carboxylic acid groups (broad SMARTS) is 1. The SMILES string of the molecule is Nc1cccnc1C(=O)Nc1ccccc1C(=O)O. The molecule has 6 nitrogen and oxygen atoms in total. The van der Waals surface area contributed by atoms with Crippen LogP contribution in [-0.2, 0) is 0 Å². The average molecular weight is 257 g/mol. The summed E-state index contributed by atoms with van der Waals surface area (Å²) in [6.45, 7) is 0. The number of anilines is 2. The van der Waals surface area contributed by atoms with Gasteiger partial charge in [-0.25, -0.2) is 9.78 Å². The van der Waals surface area contributed by atoms with Crippen LogP contribution in [0.2, 0.25) is 0 Å². The summed E-state index contributed by atoms with van der Waals surface area (Å²) in [5.74, 6) is -1.67. The molecule has 0 aliphatic rings. The molecule has 1 heterocycles. The predicted molar refractivity (Wildman–Crippen MR) is 70.0 cm³/mol. The Kier molecular flexibility index (Phi) is 3.42. The molecule has 1 aromatic heterocycles. The van der Waals surface area contributed by atoms with Crippen molar-refractivity contribution in [1.82, 2.24) is 4.98 Å². The van der Waals surface area contributed by atoms with E-state index in [1.807, 2.05) is 0 Å². The molecule has 0 saturated carbocycles. The van der Waals surface area contributed by atoms with Crippen LogP contribution in [0, 0.1) is 0 Å². The fourth-order valence-corrected chi connectivity index (χ4v) is 1.57. The molecule has 6 heteroatoms. The molecule has 0 atom stereocenters. The summed E-state index contributed by atoms with van der Waals surface area (Å²) >= 11 is 0. The maximum absolute atomic E-state index is 12.0. The molecule has 0 aliphatic carbocycles. The van der Waals surface area contributed by atoms with Crippen molar-refractivity contribution in [3.8, 4) is 0 Å². The Balaban J connectivity index is 2.30. The highest BCUT2D eigenvalue weighted by atomic mass is 16.4. The smallest absolute Gasteiger partial charge is 0.337 e. The first kappa shape index (κ1) is 12.6. The normalized spacial score (nSPS) is 9.89. The Morgan fingerprint density at radius 1 is 1.16 bits per heavy atom. The molecule has 4 N–H and O–H groups in total. The van der Waals surface area contributed by atoms with Crippen molar-refractivity contribution in [3.63, 3.8) is 0 Å². The predicted octanol–water partition coefficient (Wildman–Crippen LogP) is 1.61. The number of rotatable bonds is 3. The molecule has 0 fully saturated rings. The number of hydrogen-bond acceptors (Lipinski definition) is 4. The van der Waals surface area contributed by atoms with Crippen LogP contribution in [0.25, 0.3) is 0 Å². The lowest BCUT2D eigenvalue weighted by atomic mass is 10.1. The molecule has 0 bridgehead atoms. The zero-order valence-corrected chi connectivity index (χ0v) is 9.83. The van der Waals surface area contributed by atoms with E-state index in [0.29, 0.717) is 0 Å². The minimum Gasteiger partial charge on any atom is -0.478 e. The Morgan fingerprint density at radius 2 is 1.89 bits per heavy atom. The molecule has 96 valence electrons. The molecule has 2 rings (SSSR count). The third kappa shape index (κ3) is 2.68. The van der Waals surface area contributed by atoms with Crippen LogP contribution in [0.4, 0.5) is 11.4 Å². The maximum Gasteiger partial charge on any atom is 0.337 e. The summed E-state index contributed by atoms with van der Waals surface area (Å²) in [5, 5.41) is 11.5.